The van der Waals surface area contributed by atoms with Crippen LogP contribution >= 0.6 is 0 Å². The SMILES string of the molecule is O=C1NC(Cc2c[nH]c3ccccc23)C(=O)N1Cc1ccc(-c2ccccc2)cc1. The van der Waals surface area contributed by atoms with Crippen LogP contribution < -0.4 is 5.32 Å². The molecule has 0 bridgehead atoms. The maximum absolute atomic E-state index is 12.9. The number of carbonyl (C=O) groups excluding carboxylic acids is 2. The van der Waals surface area contributed by atoms with E-state index in [-0.39, 0.29) is 18.5 Å². The van der Waals surface area contributed by atoms with Crippen LogP contribution in [0.25, 0.3) is 22.0 Å². The van der Waals surface area contributed by atoms with Crippen molar-refractivity contribution >= 4 is 22.8 Å². The Balaban J connectivity index is 1.30. The number of rotatable bonds is 5. The van der Waals surface area contributed by atoms with Crippen LogP contribution in [0.5, 0.6) is 0 Å². The predicted octanol–water partition coefficient (Wildman–Crippen LogP) is 4.50. The van der Waals surface area contributed by atoms with Crippen LogP contribution in [-0.4, -0.2) is 27.9 Å². The molecule has 3 aromatic carbocycles. The zero-order chi connectivity index (χ0) is 20.5. The molecule has 5 nitrogen and oxygen atoms in total. The highest BCUT2D eigenvalue weighted by Gasteiger charge is 2.38. The van der Waals surface area contributed by atoms with Crippen LogP contribution in [0, 0.1) is 0 Å². The van der Waals surface area contributed by atoms with Gasteiger partial charge in [-0.25, -0.2) is 4.79 Å². The second-order valence-electron chi connectivity index (χ2n) is 7.55. The summed E-state index contributed by atoms with van der Waals surface area (Å²) < 4.78 is 0. The number of aromatic amines is 1. The summed E-state index contributed by atoms with van der Waals surface area (Å²) >= 11 is 0. The number of nitrogens with one attached hydrogen (secondary N) is 2. The Kier molecular flexibility index (Phi) is 4.56. The number of urea groups is 1. The lowest BCUT2D eigenvalue weighted by atomic mass is 10.0. The summed E-state index contributed by atoms with van der Waals surface area (Å²) in [7, 11) is 0. The van der Waals surface area contributed by atoms with Crippen molar-refractivity contribution in [2.45, 2.75) is 19.0 Å². The van der Waals surface area contributed by atoms with E-state index >= 15 is 0 Å². The third-order valence-electron chi connectivity index (χ3n) is 5.61. The second kappa shape index (κ2) is 7.52. The van der Waals surface area contributed by atoms with E-state index in [0.29, 0.717) is 6.42 Å². The maximum atomic E-state index is 12.9. The van der Waals surface area contributed by atoms with Crippen LogP contribution in [-0.2, 0) is 17.8 Å². The third kappa shape index (κ3) is 3.35. The molecule has 4 aromatic rings. The molecule has 0 saturated carbocycles. The summed E-state index contributed by atoms with van der Waals surface area (Å²) in [5.74, 6) is -0.183. The summed E-state index contributed by atoms with van der Waals surface area (Å²) in [5.41, 5.74) is 5.22. The van der Waals surface area contributed by atoms with Crippen LogP contribution in [0.4, 0.5) is 4.79 Å². The number of benzene rings is 3. The van der Waals surface area contributed by atoms with Gasteiger partial charge in [0.2, 0.25) is 0 Å². The first-order valence-electron chi connectivity index (χ1n) is 10.0. The van der Waals surface area contributed by atoms with Gasteiger partial charge in [0.15, 0.2) is 0 Å². The molecule has 30 heavy (non-hydrogen) atoms. The molecule has 0 radical (unpaired) electrons. The second-order valence-corrected chi connectivity index (χ2v) is 7.55. The van der Waals surface area contributed by atoms with E-state index in [1.807, 2.05) is 72.9 Å². The summed E-state index contributed by atoms with van der Waals surface area (Å²) in [6.45, 7) is 0.268. The molecule has 0 aliphatic carbocycles. The average Bonchev–Trinajstić information content (AvgIpc) is 3.31. The molecule has 5 heteroatoms. The van der Waals surface area contributed by atoms with Crippen molar-refractivity contribution in [3.8, 4) is 11.1 Å². The molecule has 5 rings (SSSR count). The van der Waals surface area contributed by atoms with Crippen molar-refractivity contribution in [1.82, 2.24) is 15.2 Å². The Morgan fingerprint density at radius 3 is 2.30 bits per heavy atom. The largest absolute Gasteiger partial charge is 0.361 e. The summed E-state index contributed by atoms with van der Waals surface area (Å²) in [6, 6.07) is 25.2. The van der Waals surface area contributed by atoms with Crippen LogP contribution in [0.2, 0.25) is 0 Å². The fraction of sp³-hybridized carbons (Fsp3) is 0.120. The van der Waals surface area contributed by atoms with Crippen molar-refractivity contribution in [2.24, 2.45) is 0 Å². The topological polar surface area (TPSA) is 65.2 Å². The van der Waals surface area contributed by atoms with Gasteiger partial charge in [-0.05, 0) is 28.3 Å². The van der Waals surface area contributed by atoms with E-state index in [0.717, 1.165) is 33.2 Å². The standard InChI is InChI=1S/C25H21N3O2/c29-24-23(14-20-15-26-22-9-5-4-8-21(20)22)27-25(30)28(24)16-17-10-12-19(13-11-17)18-6-2-1-3-7-18/h1-13,15,23,26H,14,16H2,(H,27,30). The van der Waals surface area contributed by atoms with Gasteiger partial charge in [-0.15, -0.1) is 0 Å². The number of H-pyrrole nitrogens is 1. The molecule has 148 valence electrons. The summed E-state index contributed by atoms with van der Waals surface area (Å²) in [6.07, 6.45) is 2.38. The quantitative estimate of drug-likeness (QED) is 0.489. The Morgan fingerprint density at radius 1 is 0.800 bits per heavy atom. The number of aromatic nitrogens is 1. The van der Waals surface area contributed by atoms with Gasteiger partial charge >= 0.3 is 6.03 Å². The van der Waals surface area contributed by atoms with Crippen LogP contribution in [0.3, 0.4) is 0 Å². The molecule has 2 N–H and O–H groups in total. The number of nitrogens with zero attached hydrogens (tertiary/aromatic N) is 1. The zero-order valence-corrected chi connectivity index (χ0v) is 16.3. The molecule has 1 aliphatic heterocycles. The van der Waals surface area contributed by atoms with E-state index in [4.69, 9.17) is 0 Å². The Bertz CT molecular complexity index is 1210. The molecule has 0 spiro atoms. The monoisotopic (exact) mass is 395 g/mol. The summed E-state index contributed by atoms with van der Waals surface area (Å²) in [5, 5.41) is 3.92. The smallest absolute Gasteiger partial charge is 0.325 e. The lowest BCUT2D eigenvalue weighted by Crippen LogP contribution is -2.32. The molecule has 1 aromatic heterocycles. The number of fused-ring (bicyclic) bond motifs is 1. The highest BCUT2D eigenvalue weighted by molar-refractivity contribution is 6.04. The Labute approximate surface area is 174 Å². The number of amides is 3. The van der Waals surface area contributed by atoms with Crippen molar-refractivity contribution in [1.29, 1.82) is 0 Å². The number of hydrogen-bond donors (Lipinski definition) is 2. The van der Waals surface area contributed by atoms with Gasteiger partial charge in [-0.3, -0.25) is 9.69 Å². The van der Waals surface area contributed by atoms with Crippen molar-refractivity contribution in [3.63, 3.8) is 0 Å². The van der Waals surface area contributed by atoms with Crippen LogP contribution in [0.1, 0.15) is 11.1 Å². The molecule has 1 aliphatic rings. The molecular weight excluding hydrogens is 374 g/mol. The predicted molar refractivity (Wildman–Crippen MR) is 117 cm³/mol. The van der Waals surface area contributed by atoms with Gasteiger partial charge in [0, 0.05) is 23.5 Å². The van der Waals surface area contributed by atoms with E-state index in [1.165, 1.54) is 4.90 Å². The average molecular weight is 395 g/mol. The van der Waals surface area contributed by atoms with Crippen LogP contribution in [0.15, 0.2) is 85.1 Å². The van der Waals surface area contributed by atoms with Gasteiger partial charge in [0.25, 0.3) is 5.91 Å². The van der Waals surface area contributed by atoms with Gasteiger partial charge < -0.3 is 10.3 Å². The Hall–Kier alpha value is -3.86. The lowest BCUT2D eigenvalue weighted by molar-refractivity contribution is -0.127. The highest BCUT2D eigenvalue weighted by Crippen LogP contribution is 2.23. The fourth-order valence-electron chi connectivity index (χ4n) is 4.00. The number of para-hydroxylation sites is 1. The highest BCUT2D eigenvalue weighted by atomic mass is 16.2. The molecule has 1 unspecified atom stereocenters. The van der Waals surface area contributed by atoms with Gasteiger partial charge in [0.1, 0.15) is 6.04 Å². The van der Waals surface area contributed by atoms with Crippen molar-refractivity contribution < 1.29 is 9.59 Å². The van der Waals surface area contributed by atoms with E-state index < -0.39 is 6.04 Å². The lowest BCUT2D eigenvalue weighted by Gasteiger charge is -2.13. The normalized spacial score (nSPS) is 16.3. The first kappa shape index (κ1) is 18.2. The molecule has 1 saturated heterocycles. The molecule has 3 amide bonds. The van der Waals surface area contributed by atoms with Crippen molar-refractivity contribution in [2.75, 3.05) is 0 Å². The van der Waals surface area contributed by atoms with Crippen molar-refractivity contribution in [3.05, 3.63) is 96.2 Å². The number of carbonyl (C=O) groups is 2. The fourth-order valence-corrected chi connectivity index (χ4v) is 4.00. The Morgan fingerprint density at radius 2 is 1.50 bits per heavy atom. The maximum Gasteiger partial charge on any atom is 0.325 e. The van der Waals surface area contributed by atoms with Gasteiger partial charge in [-0.2, -0.15) is 0 Å². The minimum absolute atomic E-state index is 0.183. The molecule has 2 heterocycles. The first-order valence-corrected chi connectivity index (χ1v) is 10.0. The minimum atomic E-state index is -0.541. The summed E-state index contributed by atoms with van der Waals surface area (Å²) in [4.78, 5) is 29.9. The number of hydrogen-bond acceptors (Lipinski definition) is 2. The molecule has 1 atom stereocenters. The van der Waals surface area contributed by atoms with E-state index in [2.05, 4.69) is 22.4 Å². The van der Waals surface area contributed by atoms with Gasteiger partial charge in [-0.1, -0.05) is 72.8 Å². The zero-order valence-electron chi connectivity index (χ0n) is 16.3. The molecular formula is C25H21N3O2. The first-order chi connectivity index (χ1) is 14.7. The number of imide groups is 1. The van der Waals surface area contributed by atoms with Gasteiger partial charge in [0.05, 0.1) is 6.54 Å². The third-order valence-corrected chi connectivity index (χ3v) is 5.61. The van der Waals surface area contributed by atoms with E-state index in [9.17, 15) is 9.59 Å². The molecule has 1 fully saturated rings. The van der Waals surface area contributed by atoms with E-state index in [1.54, 1.807) is 0 Å². The minimum Gasteiger partial charge on any atom is -0.361 e.